The van der Waals surface area contributed by atoms with Crippen molar-refractivity contribution in [3.05, 3.63) is 70.4 Å². The van der Waals surface area contributed by atoms with E-state index in [1.54, 1.807) is 12.1 Å². The standard InChI is InChI=1S/C26H24ClF3N4O3/c27-23-19-13-18(5-6-20(19)31-14-21(23)34-10-7-22(35)32-24(34)36)25(37)8-11-33(12-9-25)15-16-1-3-17(4-2-16)26(28,29)30/h1-6,13-14,37H,7-12,15H2,(H,32,35,36). The summed E-state index contributed by atoms with van der Waals surface area (Å²) in [7, 11) is 0. The number of piperidine rings is 1. The van der Waals surface area contributed by atoms with E-state index in [2.05, 4.69) is 15.2 Å². The third-order valence-electron chi connectivity index (χ3n) is 7.04. The SMILES string of the molecule is O=C1CCN(c2cnc3ccc(C4(O)CCN(Cc5ccc(C(F)(F)F)cc5)CC4)cc3c2Cl)C(=O)N1. The average Bonchev–Trinajstić information content (AvgIpc) is 2.86. The number of hydrogen-bond donors (Lipinski definition) is 2. The molecule has 0 bridgehead atoms. The number of fused-ring (bicyclic) bond motifs is 1. The first-order valence-electron chi connectivity index (χ1n) is 11.8. The maximum Gasteiger partial charge on any atom is 0.416 e. The van der Waals surface area contributed by atoms with Gasteiger partial charge in [0.15, 0.2) is 0 Å². The van der Waals surface area contributed by atoms with Crippen LogP contribution in [0.15, 0.2) is 48.7 Å². The molecule has 2 aromatic carbocycles. The first kappa shape index (κ1) is 25.4. The van der Waals surface area contributed by atoms with Crippen LogP contribution < -0.4 is 10.2 Å². The Hall–Kier alpha value is -3.21. The van der Waals surface area contributed by atoms with Crippen LogP contribution >= 0.6 is 11.6 Å². The molecule has 0 radical (unpaired) electrons. The van der Waals surface area contributed by atoms with E-state index in [9.17, 15) is 27.9 Å². The van der Waals surface area contributed by atoms with Gasteiger partial charge in [0, 0.05) is 38.0 Å². The van der Waals surface area contributed by atoms with Crippen LogP contribution in [-0.2, 0) is 23.1 Å². The molecule has 0 atom stereocenters. The molecule has 2 fully saturated rings. The molecular formula is C26H24ClF3N4O3. The molecule has 7 nitrogen and oxygen atoms in total. The van der Waals surface area contributed by atoms with Crippen molar-refractivity contribution in [2.75, 3.05) is 24.5 Å². The van der Waals surface area contributed by atoms with Gasteiger partial charge in [-0.05, 0) is 48.2 Å². The third-order valence-corrected chi connectivity index (χ3v) is 7.43. The molecule has 2 aliphatic heterocycles. The van der Waals surface area contributed by atoms with Crippen LogP contribution in [0.4, 0.5) is 23.7 Å². The number of nitrogens with one attached hydrogen (secondary N) is 1. The van der Waals surface area contributed by atoms with Crippen LogP contribution in [0.2, 0.25) is 5.02 Å². The first-order valence-corrected chi connectivity index (χ1v) is 12.2. The van der Waals surface area contributed by atoms with E-state index < -0.39 is 23.4 Å². The summed E-state index contributed by atoms with van der Waals surface area (Å²) in [4.78, 5) is 31.7. The van der Waals surface area contributed by atoms with Crippen molar-refractivity contribution in [3.8, 4) is 0 Å². The summed E-state index contributed by atoms with van der Waals surface area (Å²) in [5, 5.41) is 14.6. The number of carbonyl (C=O) groups is 2. The highest BCUT2D eigenvalue weighted by molar-refractivity contribution is 6.38. The molecule has 11 heteroatoms. The van der Waals surface area contributed by atoms with Gasteiger partial charge in [-0.2, -0.15) is 13.2 Å². The molecule has 2 aliphatic rings. The second-order valence-corrected chi connectivity index (χ2v) is 9.82. The van der Waals surface area contributed by atoms with Gasteiger partial charge >= 0.3 is 12.2 Å². The number of aromatic nitrogens is 1. The van der Waals surface area contributed by atoms with Crippen molar-refractivity contribution in [3.63, 3.8) is 0 Å². The predicted octanol–water partition coefficient (Wildman–Crippen LogP) is 4.84. The quantitative estimate of drug-likeness (QED) is 0.502. The fraction of sp³-hybridized carbons (Fsp3) is 0.346. The molecule has 5 rings (SSSR count). The zero-order valence-corrected chi connectivity index (χ0v) is 20.4. The largest absolute Gasteiger partial charge is 0.416 e. The van der Waals surface area contributed by atoms with Gasteiger partial charge in [0.25, 0.3) is 0 Å². The highest BCUT2D eigenvalue weighted by Crippen LogP contribution is 2.38. The first-order chi connectivity index (χ1) is 17.5. The van der Waals surface area contributed by atoms with Gasteiger partial charge < -0.3 is 5.11 Å². The van der Waals surface area contributed by atoms with Crippen molar-refractivity contribution < 1.29 is 27.9 Å². The number of anilines is 1. The number of alkyl halides is 3. The minimum Gasteiger partial charge on any atom is -0.385 e. The van der Waals surface area contributed by atoms with Crippen LogP contribution in [-0.4, -0.2) is 46.6 Å². The molecule has 2 N–H and O–H groups in total. The van der Waals surface area contributed by atoms with E-state index in [0.29, 0.717) is 59.7 Å². The van der Waals surface area contributed by atoms with E-state index in [1.165, 1.54) is 23.2 Å². The van der Waals surface area contributed by atoms with Crippen molar-refractivity contribution >= 4 is 40.1 Å². The minimum absolute atomic E-state index is 0.156. The van der Waals surface area contributed by atoms with Gasteiger partial charge in [0.1, 0.15) is 0 Å². The number of imide groups is 1. The zero-order chi connectivity index (χ0) is 26.4. The highest BCUT2D eigenvalue weighted by atomic mass is 35.5. The maximum atomic E-state index is 12.8. The Morgan fingerprint density at radius 3 is 2.41 bits per heavy atom. The Kier molecular flexibility index (Phi) is 6.59. The lowest BCUT2D eigenvalue weighted by Crippen LogP contribution is -2.49. The second kappa shape index (κ2) is 9.59. The van der Waals surface area contributed by atoms with Crippen molar-refractivity contribution in [1.82, 2.24) is 15.2 Å². The lowest BCUT2D eigenvalue weighted by Gasteiger charge is -2.38. The average molecular weight is 533 g/mol. The Morgan fingerprint density at radius 2 is 1.76 bits per heavy atom. The molecule has 0 spiro atoms. The summed E-state index contributed by atoms with van der Waals surface area (Å²) in [6, 6.07) is 9.94. The van der Waals surface area contributed by atoms with E-state index in [0.717, 1.165) is 17.7 Å². The van der Waals surface area contributed by atoms with E-state index >= 15 is 0 Å². The Morgan fingerprint density at radius 1 is 1.05 bits per heavy atom. The number of pyridine rings is 1. The Bertz CT molecular complexity index is 1360. The van der Waals surface area contributed by atoms with Crippen molar-refractivity contribution in [1.29, 1.82) is 0 Å². The molecule has 37 heavy (non-hydrogen) atoms. The number of urea groups is 1. The summed E-state index contributed by atoms with van der Waals surface area (Å²) in [5.74, 6) is -0.347. The topological polar surface area (TPSA) is 85.8 Å². The fourth-order valence-electron chi connectivity index (χ4n) is 4.85. The van der Waals surface area contributed by atoms with Gasteiger partial charge in [0.2, 0.25) is 5.91 Å². The number of rotatable bonds is 4. The molecular weight excluding hydrogens is 509 g/mol. The van der Waals surface area contributed by atoms with E-state index in [4.69, 9.17) is 11.6 Å². The Labute approximate surface area is 215 Å². The molecule has 2 saturated heterocycles. The number of halogens is 4. The highest BCUT2D eigenvalue weighted by Gasteiger charge is 2.35. The van der Waals surface area contributed by atoms with E-state index in [-0.39, 0.29) is 18.9 Å². The monoisotopic (exact) mass is 532 g/mol. The molecule has 1 aromatic heterocycles. The molecule has 3 heterocycles. The zero-order valence-electron chi connectivity index (χ0n) is 19.7. The summed E-state index contributed by atoms with van der Waals surface area (Å²) < 4.78 is 38.4. The van der Waals surface area contributed by atoms with Gasteiger partial charge in [-0.3, -0.25) is 24.9 Å². The number of likely N-dealkylation sites (tertiary alicyclic amines) is 1. The molecule has 0 saturated carbocycles. The molecule has 0 unspecified atom stereocenters. The summed E-state index contributed by atoms with van der Waals surface area (Å²) in [5.41, 5.74) is 0.653. The normalized spacial score (nSPS) is 18.8. The summed E-state index contributed by atoms with van der Waals surface area (Å²) in [6.45, 7) is 1.80. The lowest BCUT2D eigenvalue weighted by molar-refractivity contribution is -0.137. The van der Waals surface area contributed by atoms with Gasteiger partial charge in [-0.1, -0.05) is 29.8 Å². The van der Waals surface area contributed by atoms with Crippen LogP contribution in [0.25, 0.3) is 10.9 Å². The minimum atomic E-state index is -4.36. The van der Waals surface area contributed by atoms with Gasteiger partial charge in [-0.25, -0.2) is 4.79 Å². The van der Waals surface area contributed by atoms with Gasteiger partial charge in [0.05, 0.1) is 33.6 Å². The molecule has 3 amide bonds. The lowest BCUT2D eigenvalue weighted by atomic mass is 9.83. The third kappa shape index (κ3) is 5.14. The van der Waals surface area contributed by atoms with Gasteiger partial charge in [-0.15, -0.1) is 0 Å². The van der Waals surface area contributed by atoms with Crippen LogP contribution in [0.5, 0.6) is 0 Å². The Balaban J connectivity index is 1.31. The summed E-state index contributed by atoms with van der Waals surface area (Å²) >= 11 is 6.68. The van der Waals surface area contributed by atoms with Crippen molar-refractivity contribution in [2.24, 2.45) is 0 Å². The predicted molar refractivity (Wildman–Crippen MR) is 132 cm³/mol. The smallest absolute Gasteiger partial charge is 0.385 e. The van der Waals surface area contributed by atoms with Crippen LogP contribution in [0.3, 0.4) is 0 Å². The number of carbonyl (C=O) groups excluding carboxylic acids is 2. The number of aliphatic hydroxyl groups is 1. The molecule has 3 aromatic rings. The second-order valence-electron chi connectivity index (χ2n) is 9.45. The molecule has 0 aliphatic carbocycles. The number of benzene rings is 2. The number of hydrogen-bond acceptors (Lipinski definition) is 5. The van der Waals surface area contributed by atoms with E-state index in [1.807, 2.05) is 6.07 Å². The summed E-state index contributed by atoms with van der Waals surface area (Å²) in [6.07, 6.45) is -1.85. The number of amides is 3. The van der Waals surface area contributed by atoms with Crippen LogP contribution in [0, 0.1) is 0 Å². The molecule has 194 valence electrons. The number of nitrogens with zero attached hydrogens (tertiary/aromatic N) is 3. The maximum absolute atomic E-state index is 12.8. The fourth-order valence-corrected chi connectivity index (χ4v) is 5.15. The van der Waals surface area contributed by atoms with Crippen molar-refractivity contribution in [2.45, 2.75) is 37.6 Å². The van der Waals surface area contributed by atoms with Crippen LogP contribution in [0.1, 0.15) is 36.0 Å².